The number of aromatic nitrogens is 3. The summed E-state index contributed by atoms with van der Waals surface area (Å²) in [5, 5.41) is 8.77. The zero-order valence-electron chi connectivity index (χ0n) is 19.8. The number of carbonyl (C=O) groups is 1. The molecule has 4 aliphatic rings. The number of aryl methyl sites for hydroxylation is 1. The molecule has 2 unspecified atom stereocenters. The van der Waals surface area contributed by atoms with Gasteiger partial charge in [-0.1, -0.05) is 53.7 Å². The van der Waals surface area contributed by atoms with Crippen LogP contribution in [0.25, 0.3) is 22.3 Å². The Morgan fingerprint density at radius 1 is 1.03 bits per heavy atom. The fourth-order valence-electron chi connectivity index (χ4n) is 6.35. The van der Waals surface area contributed by atoms with Crippen molar-refractivity contribution in [1.29, 1.82) is 0 Å². The highest BCUT2D eigenvalue weighted by Gasteiger charge is 2.47. The van der Waals surface area contributed by atoms with Gasteiger partial charge in [0.2, 0.25) is 11.7 Å². The number of fused-ring (bicyclic) bond motifs is 4. The summed E-state index contributed by atoms with van der Waals surface area (Å²) in [5.74, 6) is 2.38. The van der Waals surface area contributed by atoms with Crippen LogP contribution in [-0.2, 0) is 7.05 Å². The lowest BCUT2D eigenvalue weighted by Gasteiger charge is -2.48. The van der Waals surface area contributed by atoms with Crippen LogP contribution in [0.15, 0.2) is 65.3 Å². The fourth-order valence-corrected chi connectivity index (χ4v) is 6.35. The third-order valence-electron chi connectivity index (χ3n) is 8.32. The van der Waals surface area contributed by atoms with Gasteiger partial charge in [-0.3, -0.25) is 0 Å². The third-order valence-corrected chi connectivity index (χ3v) is 8.32. The molecule has 2 amide bonds. The maximum atomic E-state index is 13.1. The number of hydrogen-bond acceptors (Lipinski definition) is 4. The molecule has 2 aromatic carbocycles. The van der Waals surface area contributed by atoms with E-state index in [1.165, 1.54) is 5.56 Å². The van der Waals surface area contributed by atoms with Crippen molar-refractivity contribution in [3.05, 3.63) is 72.2 Å². The molecule has 0 radical (unpaired) electrons. The van der Waals surface area contributed by atoms with Crippen LogP contribution in [0.2, 0.25) is 0 Å². The zero-order chi connectivity index (χ0) is 23.5. The first kappa shape index (κ1) is 20.7. The lowest BCUT2D eigenvalue weighted by Crippen LogP contribution is -2.56. The lowest BCUT2D eigenvalue weighted by atomic mass is 9.72. The fraction of sp³-hybridized carbons (Fsp3) is 0.393. The van der Waals surface area contributed by atoms with Crippen LogP contribution in [0.4, 0.5) is 4.79 Å². The molecule has 35 heavy (non-hydrogen) atoms. The van der Waals surface area contributed by atoms with E-state index in [4.69, 9.17) is 9.51 Å². The molecule has 2 saturated heterocycles. The summed E-state index contributed by atoms with van der Waals surface area (Å²) in [6.07, 6.45) is 6.13. The molecule has 2 bridgehead atoms. The normalized spacial score (nSPS) is 27.3. The standard InChI is InChI=1S/C28H29N5O2/c1-32-16-23(20-9-5-6-10-25(20)32)26-30-27(35-31-26)22-13-19-12-11-18(22)15-33(19)28(34)29-24-14-21(24)17-7-3-2-4-8-17/h2-10,16,18-19,21-22,24H,11-15H2,1H3,(H,29,34)/t18-,19+,21?,22+,24?/m0/s1. The van der Waals surface area contributed by atoms with Crippen LogP contribution in [-0.4, -0.2) is 44.3 Å². The van der Waals surface area contributed by atoms with Gasteiger partial charge in [0, 0.05) is 60.2 Å². The number of para-hydroxylation sites is 1. The topological polar surface area (TPSA) is 76.2 Å². The van der Waals surface area contributed by atoms with Crippen molar-refractivity contribution in [2.45, 2.75) is 49.6 Å². The summed E-state index contributed by atoms with van der Waals surface area (Å²) in [6.45, 7) is 0.760. The Kier molecular flexibility index (Phi) is 4.72. The van der Waals surface area contributed by atoms with E-state index >= 15 is 0 Å². The Bertz CT molecular complexity index is 1390. The van der Waals surface area contributed by atoms with Crippen LogP contribution in [0.5, 0.6) is 0 Å². The summed E-state index contributed by atoms with van der Waals surface area (Å²) >= 11 is 0. The highest BCUT2D eigenvalue weighted by molar-refractivity contribution is 5.94. The predicted octanol–water partition coefficient (Wildman–Crippen LogP) is 5.06. The van der Waals surface area contributed by atoms with Crippen LogP contribution in [0, 0.1) is 5.92 Å². The van der Waals surface area contributed by atoms with Crippen molar-refractivity contribution >= 4 is 16.9 Å². The quantitative estimate of drug-likeness (QED) is 0.455. The first-order valence-electron chi connectivity index (χ1n) is 12.7. The van der Waals surface area contributed by atoms with Gasteiger partial charge in [0.05, 0.1) is 0 Å². The summed E-state index contributed by atoms with van der Waals surface area (Å²) in [4.78, 5) is 20.0. The molecule has 1 N–H and O–H groups in total. The first-order valence-corrected chi connectivity index (χ1v) is 12.7. The molecule has 5 atom stereocenters. The molecule has 2 aromatic heterocycles. The van der Waals surface area contributed by atoms with Crippen LogP contribution >= 0.6 is 0 Å². The second-order valence-corrected chi connectivity index (χ2v) is 10.4. The number of nitrogens with zero attached hydrogens (tertiary/aromatic N) is 4. The number of carbonyl (C=O) groups excluding carboxylic acids is 1. The van der Waals surface area contributed by atoms with Gasteiger partial charge in [0.25, 0.3) is 0 Å². The van der Waals surface area contributed by atoms with E-state index in [1.807, 2.05) is 25.2 Å². The van der Waals surface area contributed by atoms with E-state index in [-0.39, 0.29) is 24.0 Å². The number of rotatable bonds is 4. The Balaban J connectivity index is 1.04. The molecule has 2 aliphatic carbocycles. The van der Waals surface area contributed by atoms with Gasteiger partial charge < -0.3 is 19.3 Å². The minimum Gasteiger partial charge on any atom is -0.350 e. The molecule has 7 nitrogen and oxygen atoms in total. The molecule has 2 saturated carbocycles. The molecule has 4 aromatic rings. The van der Waals surface area contributed by atoms with Crippen molar-refractivity contribution in [2.75, 3.05) is 6.54 Å². The van der Waals surface area contributed by atoms with Gasteiger partial charge in [-0.2, -0.15) is 4.98 Å². The van der Waals surface area contributed by atoms with Crippen molar-refractivity contribution in [3.8, 4) is 11.4 Å². The molecular formula is C28H29N5O2. The van der Waals surface area contributed by atoms with Crippen molar-refractivity contribution in [1.82, 2.24) is 24.9 Å². The average molecular weight is 468 g/mol. The number of piperidine rings is 2. The van der Waals surface area contributed by atoms with Gasteiger partial charge in [0.15, 0.2) is 0 Å². The van der Waals surface area contributed by atoms with E-state index in [0.717, 1.165) is 48.7 Å². The van der Waals surface area contributed by atoms with Crippen LogP contribution < -0.4 is 5.32 Å². The maximum absolute atomic E-state index is 13.1. The second-order valence-electron chi connectivity index (χ2n) is 10.4. The maximum Gasteiger partial charge on any atom is 0.317 e. The number of amides is 2. The van der Waals surface area contributed by atoms with Gasteiger partial charge in [-0.05, 0) is 43.2 Å². The van der Waals surface area contributed by atoms with E-state index in [0.29, 0.717) is 23.6 Å². The van der Waals surface area contributed by atoms with Crippen molar-refractivity contribution < 1.29 is 9.32 Å². The average Bonchev–Trinajstić information content (AvgIpc) is 3.35. The minimum absolute atomic E-state index is 0.0866. The largest absolute Gasteiger partial charge is 0.350 e. The molecule has 4 fully saturated rings. The Labute approximate surface area is 204 Å². The monoisotopic (exact) mass is 467 g/mol. The number of benzene rings is 2. The molecule has 2 aliphatic heterocycles. The molecule has 4 heterocycles. The molecule has 0 spiro atoms. The highest BCUT2D eigenvalue weighted by atomic mass is 16.5. The number of nitrogens with one attached hydrogen (secondary N) is 1. The molecule has 8 rings (SSSR count). The van der Waals surface area contributed by atoms with Gasteiger partial charge in [0.1, 0.15) is 0 Å². The summed E-state index contributed by atoms with van der Waals surface area (Å²) in [7, 11) is 2.04. The van der Waals surface area contributed by atoms with Crippen molar-refractivity contribution in [2.24, 2.45) is 13.0 Å². The van der Waals surface area contributed by atoms with Crippen LogP contribution in [0.3, 0.4) is 0 Å². The Morgan fingerprint density at radius 2 is 1.86 bits per heavy atom. The van der Waals surface area contributed by atoms with E-state index in [2.05, 4.69) is 62.5 Å². The summed E-state index contributed by atoms with van der Waals surface area (Å²) in [5.41, 5.74) is 3.46. The van der Waals surface area contributed by atoms with Crippen molar-refractivity contribution in [3.63, 3.8) is 0 Å². The van der Waals surface area contributed by atoms with Gasteiger partial charge >= 0.3 is 6.03 Å². The van der Waals surface area contributed by atoms with Gasteiger partial charge in [-0.25, -0.2) is 4.79 Å². The third kappa shape index (κ3) is 3.52. The SMILES string of the molecule is Cn1cc(-c2noc([C@@H]3C[C@H]4CC[C@H]3CN4C(=O)NC3CC3c3ccccc3)n2)c2ccccc21. The van der Waals surface area contributed by atoms with Crippen LogP contribution in [0.1, 0.15) is 49.0 Å². The second kappa shape index (κ2) is 7.97. The minimum atomic E-state index is 0.0866. The number of hydrogen-bond donors (Lipinski definition) is 1. The first-order chi connectivity index (χ1) is 17.2. The summed E-state index contributed by atoms with van der Waals surface area (Å²) < 4.78 is 7.91. The summed E-state index contributed by atoms with van der Waals surface area (Å²) in [6, 6.07) is 19.3. The Morgan fingerprint density at radius 3 is 2.69 bits per heavy atom. The predicted molar refractivity (Wildman–Crippen MR) is 133 cm³/mol. The lowest BCUT2D eigenvalue weighted by molar-refractivity contribution is 0.0481. The van der Waals surface area contributed by atoms with E-state index in [1.54, 1.807) is 0 Å². The number of urea groups is 1. The molecule has 7 heteroatoms. The van der Waals surface area contributed by atoms with E-state index < -0.39 is 0 Å². The smallest absolute Gasteiger partial charge is 0.317 e. The molecular weight excluding hydrogens is 438 g/mol. The Hall–Kier alpha value is -3.61. The van der Waals surface area contributed by atoms with E-state index in [9.17, 15) is 4.79 Å². The zero-order valence-corrected chi connectivity index (χ0v) is 19.8. The highest BCUT2D eigenvalue weighted by Crippen LogP contribution is 2.46. The van der Waals surface area contributed by atoms with Gasteiger partial charge in [-0.15, -0.1) is 0 Å². The molecule has 178 valence electrons.